The Balaban J connectivity index is 1.77. The number of rotatable bonds is 21. The molecular weight excluding hydrogens is 620 g/mol. The highest BCUT2D eigenvalue weighted by Gasteiger charge is 2.50. The zero-order chi connectivity index (χ0) is 36.0. The number of nitrogens with one attached hydrogen (secondary N) is 2. The molecule has 0 saturated carbocycles. The molecule has 4 atom stereocenters. The Morgan fingerprint density at radius 2 is 1.45 bits per heavy atom. The van der Waals surface area contributed by atoms with Gasteiger partial charge in [-0.1, -0.05) is 82.0 Å². The van der Waals surface area contributed by atoms with Gasteiger partial charge in [-0.15, -0.1) is 0 Å². The van der Waals surface area contributed by atoms with Crippen LogP contribution in [-0.2, 0) is 41.5 Å². The van der Waals surface area contributed by atoms with Crippen molar-refractivity contribution < 1.29 is 33.4 Å². The van der Waals surface area contributed by atoms with E-state index >= 15 is 0 Å². The molecule has 1 fully saturated rings. The molecule has 49 heavy (non-hydrogen) atoms. The molecule has 2 aromatic carbocycles. The van der Waals surface area contributed by atoms with Crippen LogP contribution in [0.25, 0.3) is 0 Å². The molecule has 1 saturated heterocycles. The van der Waals surface area contributed by atoms with Crippen LogP contribution in [0.2, 0.25) is 0 Å². The first-order chi connectivity index (χ1) is 23.2. The minimum absolute atomic E-state index is 0.00589. The molecule has 268 valence electrons. The number of carbonyl (C=O) groups excluding carboxylic acids is 5. The smallest absolute Gasteiger partial charge is 0.412 e. The minimum Gasteiger partial charge on any atom is -0.444 e. The van der Waals surface area contributed by atoms with Gasteiger partial charge in [0.05, 0.1) is 12.6 Å². The van der Waals surface area contributed by atoms with Crippen molar-refractivity contribution in [2.24, 2.45) is 11.8 Å². The van der Waals surface area contributed by atoms with Crippen LogP contribution in [0.5, 0.6) is 0 Å². The largest absolute Gasteiger partial charge is 0.444 e. The lowest BCUT2D eigenvalue weighted by Gasteiger charge is -2.24. The number of benzene rings is 2. The Kier molecular flexibility index (Phi) is 15.2. The molecule has 0 unspecified atom stereocenters. The van der Waals surface area contributed by atoms with E-state index in [4.69, 9.17) is 9.47 Å². The predicted molar refractivity (Wildman–Crippen MR) is 191 cm³/mol. The highest BCUT2D eigenvalue weighted by Crippen LogP contribution is 2.33. The molecule has 0 radical (unpaired) electrons. The lowest BCUT2D eigenvalue weighted by molar-refractivity contribution is -0.134. The average Bonchev–Trinajstić information content (AvgIpc) is 3.80. The number of hydrogen-bond donors (Lipinski definition) is 2. The maximum Gasteiger partial charge on any atom is 0.412 e. The van der Waals surface area contributed by atoms with Crippen LogP contribution in [0.3, 0.4) is 0 Å². The average molecular weight is 677 g/mol. The molecule has 1 aliphatic rings. The fraction of sp³-hybridized carbons (Fsp3) is 0.575. The summed E-state index contributed by atoms with van der Waals surface area (Å²) in [6, 6.07) is 15.9. The summed E-state index contributed by atoms with van der Waals surface area (Å²) in [5.41, 5.74) is 0.820. The van der Waals surface area contributed by atoms with Gasteiger partial charge in [-0.25, -0.2) is 4.79 Å². The first-order valence-electron chi connectivity index (χ1n) is 17.9. The Bertz CT molecular complexity index is 1390. The summed E-state index contributed by atoms with van der Waals surface area (Å²) in [5.74, 6) is -1.88. The van der Waals surface area contributed by atoms with Crippen LogP contribution < -0.4 is 10.6 Å². The molecule has 0 spiro atoms. The van der Waals surface area contributed by atoms with Gasteiger partial charge in [0.15, 0.2) is 11.6 Å². The lowest BCUT2D eigenvalue weighted by atomic mass is 9.83. The molecule has 1 aliphatic heterocycles. The Morgan fingerprint density at radius 1 is 0.837 bits per heavy atom. The van der Waals surface area contributed by atoms with Crippen LogP contribution in [0.4, 0.5) is 10.5 Å². The minimum atomic E-state index is -0.872. The lowest BCUT2D eigenvalue weighted by Crippen LogP contribution is -2.46. The third kappa shape index (κ3) is 13.9. The quantitative estimate of drug-likeness (QED) is 0.103. The van der Waals surface area contributed by atoms with E-state index in [9.17, 15) is 24.0 Å². The summed E-state index contributed by atoms with van der Waals surface area (Å²) in [4.78, 5) is 66.6. The topological polar surface area (TPSA) is 131 Å². The number of ether oxygens (including phenoxy) is 2. The number of hydrogen-bond acceptors (Lipinski definition) is 7. The maximum absolute atomic E-state index is 13.9. The van der Waals surface area contributed by atoms with Crippen molar-refractivity contribution in [1.29, 1.82) is 0 Å². The van der Waals surface area contributed by atoms with Crippen molar-refractivity contribution in [3.63, 3.8) is 0 Å². The summed E-state index contributed by atoms with van der Waals surface area (Å²) in [7, 11) is 0. The Morgan fingerprint density at radius 3 is 2.04 bits per heavy atom. The van der Waals surface area contributed by atoms with E-state index in [0.29, 0.717) is 31.6 Å². The highest BCUT2D eigenvalue weighted by molar-refractivity contribution is 5.97. The van der Waals surface area contributed by atoms with Gasteiger partial charge in [0.2, 0.25) is 5.91 Å². The van der Waals surface area contributed by atoms with E-state index in [1.807, 2.05) is 49.4 Å². The van der Waals surface area contributed by atoms with Gasteiger partial charge in [0.25, 0.3) is 0 Å². The molecule has 2 aromatic rings. The summed E-state index contributed by atoms with van der Waals surface area (Å²) >= 11 is 0. The van der Waals surface area contributed by atoms with Gasteiger partial charge < -0.3 is 14.8 Å². The van der Waals surface area contributed by atoms with Crippen molar-refractivity contribution in [2.45, 2.75) is 129 Å². The van der Waals surface area contributed by atoms with E-state index in [-0.39, 0.29) is 42.5 Å². The number of anilines is 1. The predicted octanol–water partition coefficient (Wildman–Crippen LogP) is 7.58. The molecule has 3 rings (SSSR count). The zero-order valence-electron chi connectivity index (χ0n) is 30.3. The molecule has 1 heterocycles. The summed E-state index contributed by atoms with van der Waals surface area (Å²) in [5, 5.41) is 5.72. The van der Waals surface area contributed by atoms with Crippen LogP contribution >= 0.6 is 0 Å². The van der Waals surface area contributed by atoms with Crippen molar-refractivity contribution in [1.82, 2.24) is 5.32 Å². The fourth-order valence-electron chi connectivity index (χ4n) is 5.87. The third-order valence-corrected chi connectivity index (χ3v) is 8.78. The molecular formula is C40H56N2O7. The zero-order valence-corrected chi connectivity index (χ0v) is 30.3. The molecule has 0 aromatic heterocycles. The standard InChI is InChI=1S/C40H56N2O7/c1-7-9-12-17-33(43)25-31(24-29-19-21-32(22-20-29)41-38(47)49-39(3,4)5)37(46)42-34(18-10-8-2)35(44)26-30(36(45)40(6)27-48-40)23-28-15-13-11-14-16-28/h11,13-16,19-22,30-31,34H,7-10,12,17-18,23-27H2,1-6H3,(H,41,47)(H,42,46)/t30-,31-,34+,40-/m1/s1. The maximum atomic E-state index is 13.9. The molecule has 9 heteroatoms. The summed E-state index contributed by atoms with van der Waals surface area (Å²) in [6.45, 7) is 11.6. The molecule has 9 nitrogen and oxygen atoms in total. The second-order valence-electron chi connectivity index (χ2n) is 14.6. The second kappa shape index (κ2) is 18.8. The van der Waals surface area contributed by atoms with E-state index < -0.39 is 35.2 Å². The first kappa shape index (κ1) is 39.6. The van der Waals surface area contributed by atoms with Gasteiger partial charge in [-0.05, 0) is 76.6 Å². The number of ketones is 3. The molecule has 2 N–H and O–H groups in total. The third-order valence-electron chi connectivity index (χ3n) is 8.78. The van der Waals surface area contributed by atoms with Gasteiger partial charge in [-0.3, -0.25) is 24.5 Å². The van der Waals surface area contributed by atoms with Crippen LogP contribution in [0.1, 0.15) is 110 Å². The van der Waals surface area contributed by atoms with Gasteiger partial charge in [0, 0.05) is 36.8 Å². The summed E-state index contributed by atoms with van der Waals surface area (Å²) < 4.78 is 10.8. The number of amides is 2. The number of carbonyl (C=O) groups is 5. The molecule has 2 amide bonds. The van der Waals surface area contributed by atoms with Gasteiger partial charge in [0.1, 0.15) is 17.0 Å². The first-order valence-corrected chi connectivity index (χ1v) is 17.9. The number of unbranched alkanes of at least 4 members (excludes halogenated alkanes) is 3. The van der Waals surface area contributed by atoms with Crippen LogP contribution in [0.15, 0.2) is 54.6 Å². The van der Waals surface area contributed by atoms with E-state index in [1.165, 1.54) is 0 Å². The van der Waals surface area contributed by atoms with Crippen molar-refractivity contribution in [3.05, 3.63) is 65.7 Å². The Hall–Kier alpha value is -3.85. The highest BCUT2D eigenvalue weighted by atomic mass is 16.6. The number of epoxide rings is 1. The summed E-state index contributed by atoms with van der Waals surface area (Å²) in [6.07, 6.45) is 5.29. The Labute approximate surface area is 292 Å². The number of Topliss-reactive ketones (excluding diaryl/α,β-unsaturated/α-hetero) is 3. The van der Waals surface area contributed by atoms with Crippen molar-refractivity contribution in [2.75, 3.05) is 11.9 Å². The molecule has 0 aliphatic carbocycles. The normalized spacial score (nSPS) is 17.3. The van der Waals surface area contributed by atoms with E-state index in [1.54, 1.807) is 39.8 Å². The monoisotopic (exact) mass is 676 g/mol. The SMILES string of the molecule is CCCCCC(=O)C[C@@H](Cc1ccc(NC(=O)OC(C)(C)C)cc1)C(=O)N[C@@H](CCCC)C(=O)C[C@@H](Cc1ccccc1)C(=O)[C@@]1(C)CO1. The van der Waals surface area contributed by atoms with Crippen LogP contribution in [-0.4, -0.2) is 53.2 Å². The van der Waals surface area contributed by atoms with Gasteiger partial charge in [-0.2, -0.15) is 0 Å². The van der Waals surface area contributed by atoms with Crippen molar-refractivity contribution in [3.8, 4) is 0 Å². The van der Waals surface area contributed by atoms with Gasteiger partial charge >= 0.3 is 6.09 Å². The van der Waals surface area contributed by atoms with E-state index in [0.717, 1.165) is 43.2 Å². The fourth-order valence-corrected chi connectivity index (χ4v) is 5.87. The second-order valence-corrected chi connectivity index (χ2v) is 14.6. The molecule has 0 bridgehead atoms. The van der Waals surface area contributed by atoms with Crippen molar-refractivity contribution >= 4 is 35.0 Å². The van der Waals surface area contributed by atoms with Crippen LogP contribution in [0, 0.1) is 11.8 Å². The van der Waals surface area contributed by atoms with E-state index in [2.05, 4.69) is 17.6 Å².